The summed E-state index contributed by atoms with van der Waals surface area (Å²) in [5, 5.41) is 7.51. The molecule has 0 aromatic rings. The Morgan fingerprint density at radius 2 is 1.25 bits per heavy atom. The van der Waals surface area contributed by atoms with E-state index in [-0.39, 0.29) is 95.3 Å². The SMILES string of the molecule is O=CCO.O=P([O-])([O-])[O-].[Na+].[Na+].[Na+]. The van der Waals surface area contributed by atoms with Crippen LogP contribution in [0.2, 0.25) is 0 Å². The predicted molar refractivity (Wildman–Crippen MR) is 20.8 cm³/mol. The van der Waals surface area contributed by atoms with Crippen LogP contribution in [0.1, 0.15) is 0 Å². The fraction of sp³-hybridized carbons (Fsp3) is 0.500. The Balaban J connectivity index is -0.0000000221. The summed E-state index contributed by atoms with van der Waals surface area (Å²) in [4.78, 5) is 34.6. The molecule has 0 aromatic heterocycles. The van der Waals surface area contributed by atoms with Gasteiger partial charge in [-0.15, -0.1) is 0 Å². The average molecular weight is 224 g/mol. The van der Waals surface area contributed by atoms with Gasteiger partial charge in [0.05, 0.1) is 6.61 Å². The van der Waals surface area contributed by atoms with E-state index in [2.05, 4.69) is 0 Å². The molecule has 0 spiro atoms. The molecule has 0 fully saturated rings. The summed E-state index contributed by atoms with van der Waals surface area (Å²) in [7, 11) is -5.39. The Bertz CT molecular complexity index is 105. The quantitative estimate of drug-likeness (QED) is 0.268. The summed E-state index contributed by atoms with van der Waals surface area (Å²) in [5.41, 5.74) is 0. The molecule has 0 radical (unpaired) electrons. The van der Waals surface area contributed by atoms with E-state index >= 15 is 0 Å². The molecule has 0 saturated carbocycles. The molecule has 0 aliphatic carbocycles. The third-order valence-electron chi connectivity index (χ3n) is 0.0745. The van der Waals surface area contributed by atoms with E-state index in [1.54, 1.807) is 0 Å². The zero-order chi connectivity index (χ0) is 7.91. The second kappa shape index (κ2) is 19.3. The topological polar surface area (TPSA) is 124 Å². The van der Waals surface area contributed by atoms with E-state index in [4.69, 9.17) is 29.1 Å². The van der Waals surface area contributed by atoms with Crippen molar-refractivity contribution in [2.75, 3.05) is 6.61 Å². The van der Waals surface area contributed by atoms with Gasteiger partial charge in [-0.25, -0.2) is 0 Å². The number of hydrogen-bond acceptors (Lipinski definition) is 6. The molecule has 0 bridgehead atoms. The molecule has 0 heterocycles. The summed E-state index contributed by atoms with van der Waals surface area (Å²) in [6, 6.07) is 0. The summed E-state index contributed by atoms with van der Waals surface area (Å²) < 4.78 is 8.55. The Hall–Kier alpha value is 2.74. The van der Waals surface area contributed by atoms with Crippen molar-refractivity contribution in [3.8, 4) is 0 Å². The van der Waals surface area contributed by atoms with Crippen LogP contribution in [0.25, 0.3) is 0 Å². The molecular formula is C2H4Na3O6P. The molecule has 0 rings (SSSR count). The van der Waals surface area contributed by atoms with E-state index < -0.39 is 7.82 Å². The maximum Gasteiger partial charge on any atom is 1.00 e. The fourth-order valence-corrected chi connectivity index (χ4v) is 0. The normalized spacial score (nSPS) is 7.00. The van der Waals surface area contributed by atoms with Gasteiger partial charge in [0.25, 0.3) is 0 Å². The summed E-state index contributed by atoms with van der Waals surface area (Å²) in [5.74, 6) is 0. The molecule has 0 saturated heterocycles. The molecule has 1 N–H and O–H groups in total. The van der Waals surface area contributed by atoms with E-state index in [9.17, 15) is 0 Å². The van der Waals surface area contributed by atoms with E-state index in [1.807, 2.05) is 0 Å². The van der Waals surface area contributed by atoms with Crippen molar-refractivity contribution < 1.29 is 118 Å². The molecule has 0 unspecified atom stereocenters. The smallest absolute Gasteiger partial charge is 0.822 e. The van der Waals surface area contributed by atoms with Crippen LogP contribution < -0.4 is 103 Å². The second-order valence-electron chi connectivity index (χ2n) is 0.796. The Labute approximate surface area is 136 Å². The van der Waals surface area contributed by atoms with Gasteiger partial charge in [-0.1, -0.05) is 0 Å². The Morgan fingerprint density at radius 1 is 1.17 bits per heavy atom. The number of aliphatic hydroxyl groups excluding tert-OH is 1. The van der Waals surface area contributed by atoms with Crippen molar-refractivity contribution in [2.45, 2.75) is 0 Å². The van der Waals surface area contributed by atoms with Crippen molar-refractivity contribution in [2.24, 2.45) is 0 Å². The molecule has 0 aliphatic rings. The summed E-state index contributed by atoms with van der Waals surface area (Å²) in [6.07, 6.45) is 0.431. The maximum atomic E-state index is 8.92. The summed E-state index contributed by atoms with van der Waals surface area (Å²) >= 11 is 0. The molecule has 0 atom stereocenters. The fourth-order valence-electron chi connectivity index (χ4n) is 0. The van der Waals surface area contributed by atoms with Gasteiger partial charge in [0.1, 0.15) is 6.29 Å². The van der Waals surface area contributed by atoms with Gasteiger partial charge in [0.15, 0.2) is 0 Å². The standard InChI is InChI=1S/C2H4O2.3Na.H3O4P/c3-1-2-4;;;;1-5(2,3)4/h1,4H,2H2;;;;(H3,1,2,3,4)/q;3*+1;/p-3. The molecule has 10 heteroatoms. The number of hydrogen-bond donors (Lipinski definition) is 1. The number of rotatable bonds is 1. The van der Waals surface area contributed by atoms with Crippen LogP contribution in [0.4, 0.5) is 0 Å². The van der Waals surface area contributed by atoms with Gasteiger partial charge in [-0.05, 0) is 0 Å². The first-order chi connectivity index (χ1) is 3.91. The van der Waals surface area contributed by atoms with Crippen LogP contribution >= 0.6 is 7.82 Å². The van der Waals surface area contributed by atoms with Crippen molar-refractivity contribution in [1.82, 2.24) is 0 Å². The predicted octanol–water partition coefficient (Wildman–Crippen LogP) is -12.6. The third kappa shape index (κ3) is 126. The number of aliphatic hydroxyl groups is 1. The average Bonchev–Trinajstić information content (AvgIpc) is 1.61. The molecule has 6 nitrogen and oxygen atoms in total. The van der Waals surface area contributed by atoms with E-state index in [0.717, 1.165) is 0 Å². The minimum atomic E-state index is -5.39. The van der Waals surface area contributed by atoms with Crippen molar-refractivity contribution in [3.05, 3.63) is 0 Å². The van der Waals surface area contributed by atoms with Crippen LogP contribution in [0.5, 0.6) is 0 Å². The van der Waals surface area contributed by atoms with Gasteiger partial charge in [-0.2, -0.15) is 7.82 Å². The van der Waals surface area contributed by atoms with Gasteiger partial charge < -0.3 is 29.1 Å². The van der Waals surface area contributed by atoms with E-state index in [1.165, 1.54) is 0 Å². The molecule has 0 aromatic carbocycles. The first-order valence-electron chi connectivity index (χ1n) is 1.69. The minimum Gasteiger partial charge on any atom is -0.822 e. The van der Waals surface area contributed by atoms with Gasteiger partial charge in [-0.3, -0.25) is 0 Å². The largest absolute Gasteiger partial charge is 1.00 e. The Morgan fingerprint density at radius 3 is 1.25 bits per heavy atom. The van der Waals surface area contributed by atoms with Gasteiger partial charge in [0, 0.05) is 0 Å². The first-order valence-corrected chi connectivity index (χ1v) is 3.15. The molecule has 0 aliphatic heterocycles. The van der Waals surface area contributed by atoms with Crippen LogP contribution in [-0.2, 0) is 9.36 Å². The van der Waals surface area contributed by atoms with Crippen molar-refractivity contribution >= 4 is 14.1 Å². The van der Waals surface area contributed by atoms with Gasteiger partial charge >= 0.3 is 88.7 Å². The van der Waals surface area contributed by atoms with Crippen LogP contribution in [0.15, 0.2) is 0 Å². The minimum absolute atomic E-state index is 0. The zero-order valence-corrected chi connectivity index (χ0v) is 14.1. The number of carbonyl (C=O) groups excluding carboxylic acids is 1. The van der Waals surface area contributed by atoms with Crippen LogP contribution in [0.3, 0.4) is 0 Å². The third-order valence-corrected chi connectivity index (χ3v) is 0.0745. The van der Waals surface area contributed by atoms with Gasteiger partial charge in [0.2, 0.25) is 0 Å². The molecule has 56 valence electrons. The Kier molecular flexibility index (Phi) is 47.3. The maximum absolute atomic E-state index is 8.92. The van der Waals surface area contributed by atoms with Crippen LogP contribution in [0, 0.1) is 0 Å². The second-order valence-corrected chi connectivity index (χ2v) is 1.69. The molecule has 12 heavy (non-hydrogen) atoms. The number of phosphoric acid groups is 1. The van der Waals surface area contributed by atoms with Crippen molar-refractivity contribution in [3.63, 3.8) is 0 Å². The summed E-state index contributed by atoms with van der Waals surface area (Å²) in [6.45, 7) is -0.361. The van der Waals surface area contributed by atoms with Crippen molar-refractivity contribution in [1.29, 1.82) is 0 Å². The molecular weight excluding hydrogens is 220 g/mol. The monoisotopic (exact) mass is 224 g/mol. The van der Waals surface area contributed by atoms with E-state index in [0.29, 0.717) is 6.29 Å². The molecule has 0 amide bonds. The zero-order valence-electron chi connectivity index (χ0n) is 7.22. The first kappa shape index (κ1) is 29.3. The number of aldehydes is 1. The number of carbonyl (C=O) groups is 1. The van der Waals surface area contributed by atoms with Crippen LogP contribution in [-0.4, -0.2) is 18.0 Å².